The van der Waals surface area contributed by atoms with Gasteiger partial charge < -0.3 is 0 Å². The van der Waals surface area contributed by atoms with E-state index < -0.39 is 0 Å². The molecule has 13 heavy (non-hydrogen) atoms. The second kappa shape index (κ2) is 4.75. The molecule has 1 unspecified atom stereocenters. The molecule has 0 aromatic heterocycles. The normalized spacial score (nSPS) is 13.3. The van der Waals surface area contributed by atoms with Crippen LogP contribution in [0.15, 0.2) is 24.3 Å². The summed E-state index contributed by atoms with van der Waals surface area (Å²) in [4.78, 5) is 0. The molecule has 0 heterocycles. The smallest absolute Gasteiger partial charge is 0.123 e. The first-order chi connectivity index (χ1) is 6.15. The highest BCUT2D eigenvalue weighted by atomic mass is 79.9. The number of alkyl halides is 1. The Bertz CT molecular complexity index is 271. The van der Waals surface area contributed by atoms with Gasteiger partial charge in [0.2, 0.25) is 0 Å². The second-order valence-electron chi connectivity index (χ2n) is 3.56. The summed E-state index contributed by atoms with van der Waals surface area (Å²) in [5.41, 5.74) is 1.08. The molecule has 1 aromatic carbocycles. The van der Waals surface area contributed by atoms with E-state index in [4.69, 9.17) is 0 Å². The molecular weight excluding hydrogens is 231 g/mol. The zero-order valence-corrected chi connectivity index (χ0v) is 9.51. The molecule has 0 radical (unpaired) electrons. The number of rotatable bonds is 3. The SMILES string of the molecule is CC(C)C(CBr)c1cccc(F)c1. The summed E-state index contributed by atoms with van der Waals surface area (Å²) >= 11 is 3.46. The lowest BCUT2D eigenvalue weighted by molar-refractivity contribution is 0.538. The Hall–Kier alpha value is -0.370. The predicted molar refractivity (Wildman–Crippen MR) is 57.8 cm³/mol. The lowest BCUT2D eigenvalue weighted by atomic mass is 9.90. The molecule has 1 rings (SSSR count). The van der Waals surface area contributed by atoms with Crippen molar-refractivity contribution >= 4 is 15.9 Å². The van der Waals surface area contributed by atoms with Crippen molar-refractivity contribution in [2.45, 2.75) is 19.8 Å². The summed E-state index contributed by atoms with van der Waals surface area (Å²) in [7, 11) is 0. The van der Waals surface area contributed by atoms with Gasteiger partial charge in [0.05, 0.1) is 0 Å². The molecule has 2 heteroatoms. The minimum absolute atomic E-state index is 0.149. The average Bonchev–Trinajstić information content (AvgIpc) is 2.04. The summed E-state index contributed by atoms with van der Waals surface area (Å²) in [6, 6.07) is 6.85. The lowest BCUT2D eigenvalue weighted by Crippen LogP contribution is -2.08. The van der Waals surface area contributed by atoms with Gasteiger partial charge in [-0.05, 0) is 29.5 Å². The molecule has 0 saturated carbocycles. The Labute approximate surface area is 87.3 Å². The molecule has 1 atom stereocenters. The quantitative estimate of drug-likeness (QED) is 0.707. The molecule has 0 bridgehead atoms. The molecule has 0 fully saturated rings. The highest BCUT2D eigenvalue weighted by Crippen LogP contribution is 2.26. The lowest BCUT2D eigenvalue weighted by Gasteiger charge is -2.18. The maximum absolute atomic E-state index is 12.9. The third kappa shape index (κ3) is 2.80. The summed E-state index contributed by atoms with van der Waals surface area (Å²) in [5, 5.41) is 0.883. The van der Waals surface area contributed by atoms with Crippen molar-refractivity contribution in [1.29, 1.82) is 0 Å². The Balaban J connectivity index is 2.91. The number of halogens is 2. The van der Waals surface area contributed by atoms with Crippen LogP contribution in [0.25, 0.3) is 0 Å². The average molecular weight is 245 g/mol. The maximum Gasteiger partial charge on any atom is 0.123 e. The third-order valence-corrected chi connectivity index (χ3v) is 2.95. The number of hydrogen-bond acceptors (Lipinski definition) is 0. The van der Waals surface area contributed by atoms with Gasteiger partial charge in [-0.25, -0.2) is 4.39 Å². The summed E-state index contributed by atoms with van der Waals surface area (Å²) in [5.74, 6) is 0.779. The van der Waals surface area contributed by atoms with Crippen LogP contribution in [0.2, 0.25) is 0 Å². The molecule has 72 valence electrons. The van der Waals surface area contributed by atoms with Crippen molar-refractivity contribution in [2.24, 2.45) is 5.92 Å². The first-order valence-electron chi connectivity index (χ1n) is 4.46. The van der Waals surface area contributed by atoms with Gasteiger partial charge in [-0.15, -0.1) is 0 Å². The zero-order chi connectivity index (χ0) is 9.84. The molecule has 0 N–H and O–H groups in total. The van der Waals surface area contributed by atoms with E-state index in [2.05, 4.69) is 29.8 Å². The van der Waals surface area contributed by atoms with Crippen LogP contribution in [-0.4, -0.2) is 5.33 Å². The van der Waals surface area contributed by atoms with E-state index >= 15 is 0 Å². The van der Waals surface area contributed by atoms with E-state index in [1.54, 1.807) is 12.1 Å². The van der Waals surface area contributed by atoms with Gasteiger partial charge in [-0.3, -0.25) is 0 Å². The van der Waals surface area contributed by atoms with Crippen LogP contribution in [0.1, 0.15) is 25.3 Å². The Kier molecular flexibility index (Phi) is 3.91. The topological polar surface area (TPSA) is 0 Å². The van der Waals surface area contributed by atoms with E-state index in [1.807, 2.05) is 6.07 Å². The van der Waals surface area contributed by atoms with Crippen molar-refractivity contribution < 1.29 is 4.39 Å². The van der Waals surface area contributed by atoms with Crippen LogP contribution in [-0.2, 0) is 0 Å². The van der Waals surface area contributed by atoms with Gasteiger partial charge in [0.1, 0.15) is 5.82 Å². The molecule has 0 amide bonds. The van der Waals surface area contributed by atoms with Crippen LogP contribution in [0.3, 0.4) is 0 Å². The Morgan fingerprint density at radius 3 is 2.54 bits per heavy atom. The van der Waals surface area contributed by atoms with Gasteiger partial charge in [-0.2, -0.15) is 0 Å². The van der Waals surface area contributed by atoms with Gasteiger partial charge in [0.15, 0.2) is 0 Å². The number of hydrogen-bond donors (Lipinski definition) is 0. The van der Waals surface area contributed by atoms with Crippen LogP contribution in [0.5, 0.6) is 0 Å². The Morgan fingerprint density at radius 1 is 1.38 bits per heavy atom. The van der Waals surface area contributed by atoms with Crippen LogP contribution in [0.4, 0.5) is 4.39 Å². The molecule has 0 aliphatic rings. The monoisotopic (exact) mass is 244 g/mol. The highest BCUT2D eigenvalue weighted by Gasteiger charge is 2.14. The van der Waals surface area contributed by atoms with Crippen LogP contribution >= 0.6 is 15.9 Å². The van der Waals surface area contributed by atoms with Crippen molar-refractivity contribution in [1.82, 2.24) is 0 Å². The maximum atomic E-state index is 12.9. The molecule has 0 aliphatic heterocycles. The molecule has 0 aliphatic carbocycles. The number of benzene rings is 1. The van der Waals surface area contributed by atoms with E-state index in [9.17, 15) is 4.39 Å². The van der Waals surface area contributed by atoms with E-state index in [0.29, 0.717) is 11.8 Å². The van der Waals surface area contributed by atoms with Gasteiger partial charge >= 0.3 is 0 Å². The van der Waals surface area contributed by atoms with E-state index in [-0.39, 0.29) is 5.82 Å². The van der Waals surface area contributed by atoms with Crippen molar-refractivity contribution in [2.75, 3.05) is 5.33 Å². The minimum atomic E-state index is -0.149. The van der Waals surface area contributed by atoms with Crippen LogP contribution < -0.4 is 0 Å². The van der Waals surface area contributed by atoms with Gasteiger partial charge in [0.25, 0.3) is 0 Å². The van der Waals surface area contributed by atoms with Crippen LogP contribution in [0, 0.1) is 11.7 Å². The second-order valence-corrected chi connectivity index (χ2v) is 4.21. The fourth-order valence-corrected chi connectivity index (χ4v) is 2.51. The van der Waals surface area contributed by atoms with E-state index in [0.717, 1.165) is 10.9 Å². The largest absolute Gasteiger partial charge is 0.207 e. The third-order valence-electron chi connectivity index (χ3n) is 2.25. The molecule has 0 saturated heterocycles. The van der Waals surface area contributed by atoms with Crippen molar-refractivity contribution in [3.63, 3.8) is 0 Å². The molecule has 0 spiro atoms. The summed E-state index contributed by atoms with van der Waals surface area (Å²) in [6.45, 7) is 4.30. The van der Waals surface area contributed by atoms with Crippen molar-refractivity contribution in [3.8, 4) is 0 Å². The fourth-order valence-electron chi connectivity index (χ4n) is 1.39. The van der Waals surface area contributed by atoms with E-state index in [1.165, 1.54) is 6.07 Å². The summed E-state index contributed by atoms with van der Waals surface area (Å²) < 4.78 is 12.9. The first-order valence-corrected chi connectivity index (χ1v) is 5.58. The van der Waals surface area contributed by atoms with Crippen molar-refractivity contribution in [3.05, 3.63) is 35.6 Å². The Morgan fingerprint density at radius 2 is 2.08 bits per heavy atom. The molecular formula is C11H14BrF. The fraction of sp³-hybridized carbons (Fsp3) is 0.455. The molecule has 1 aromatic rings. The first kappa shape index (κ1) is 10.7. The highest BCUT2D eigenvalue weighted by molar-refractivity contribution is 9.09. The predicted octanol–water partition coefficient (Wildman–Crippen LogP) is 3.96. The summed E-state index contributed by atoms with van der Waals surface area (Å²) in [6.07, 6.45) is 0. The van der Waals surface area contributed by atoms with Gasteiger partial charge in [0, 0.05) is 5.33 Å². The molecule has 0 nitrogen and oxygen atoms in total. The van der Waals surface area contributed by atoms with Gasteiger partial charge in [-0.1, -0.05) is 41.9 Å². The standard InChI is InChI=1S/C11H14BrF/c1-8(2)11(7-12)9-4-3-5-10(13)6-9/h3-6,8,11H,7H2,1-2H3. The zero-order valence-electron chi connectivity index (χ0n) is 7.93. The minimum Gasteiger partial charge on any atom is -0.207 e.